The van der Waals surface area contributed by atoms with Crippen molar-refractivity contribution in [1.29, 1.82) is 0 Å². The van der Waals surface area contributed by atoms with Gasteiger partial charge < -0.3 is 5.32 Å². The van der Waals surface area contributed by atoms with E-state index in [1.54, 1.807) is 36.4 Å². The summed E-state index contributed by atoms with van der Waals surface area (Å²) in [5.74, 6) is -1.53. The Labute approximate surface area is 239 Å². The highest BCUT2D eigenvalue weighted by atomic mass is 32.2. The van der Waals surface area contributed by atoms with Gasteiger partial charge in [0.05, 0.1) is 10.8 Å². The summed E-state index contributed by atoms with van der Waals surface area (Å²) in [6.07, 6.45) is -0.153. The molecule has 0 saturated carbocycles. The van der Waals surface area contributed by atoms with Gasteiger partial charge in [-0.25, -0.2) is 13.1 Å². The predicted octanol–water partition coefficient (Wildman–Crippen LogP) is 5.76. The van der Waals surface area contributed by atoms with Gasteiger partial charge in [0, 0.05) is 12.6 Å². The van der Waals surface area contributed by atoms with Crippen LogP contribution in [0.5, 0.6) is 0 Å². The number of amides is 1. The van der Waals surface area contributed by atoms with Gasteiger partial charge >= 0.3 is 6.18 Å². The van der Waals surface area contributed by atoms with Crippen LogP contribution in [0.3, 0.4) is 0 Å². The lowest BCUT2D eigenvalue weighted by Gasteiger charge is -2.36. The van der Waals surface area contributed by atoms with Crippen molar-refractivity contribution >= 4 is 15.9 Å². The third-order valence-corrected chi connectivity index (χ3v) is 9.38. The molecule has 1 amide bonds. The highest BCUT2D eigenvalue weighted by molar-refractivity contribution is 7.89. The molecule has 41 heavy (non-hydrogen) atoms. The fourth-order valence-corrected chi connectivity index (χ4v) is 7.19. The number of alkyl halides is 3. The molecule has 2 unspecified atom stereocenters. The normalized spacial score (nSPS) is 18.0. The van der Waals surface area contributed by atoms with Crippen LogP contribution in [0, 0.1) is 0 Å². The average molecular weight is 586 g/mol. The van der Waals surface area contributed by atoms with Crippen LogP contribution in [-0.4, -0.2) is 51.6 Å². The number of carbonyl (C=O) groups is 1. The molecular formula is C31H34F3N3O3S. The van der Waals surface area contributed by atoms with Crippen LogP contribution in [0.15, 0.2) is 77.7 Å². The Morgan fingerprint density at radius 3 is 2.32 bits per heavy atom. The maximum atomic E-state index is 13.4. The molecule has 3 aromatic rings. The molecule has 6 nitrogen and oxygen atoms in total. The van der Waals surface area contributed by atoms with Gasteiger partial charge in [-0.15, -0.1) is 0 Å². The van der Waals surface area contributed by atoms with E-state index in [0.29, 0.717) is 18.4 Å². The van der Waals surface area contributed by atoms with Crippen LogP contribution in [0.25, 0.3) is 11.1 Å². The van der Waals surface area contributed by atoms with E-state index < -0.39 is 34.6 Å². The van der Waals surface area contributed by atoms with Crippen LogP contribution >= 0.6 is 0 Å². The number of fused-ring (bicyclic) bond motifs is 3. The summed E-state index contributed by atoms with van der Waals surface area (Å²) in [6.45, 7) is 0.579. The fourth-order valence-electron chi connectivity index (χ4n) is 6.09. The van der Waals surface area contributed by atoms with E-state index >= 15 is 0 Å². The highest BCUT2D eigenvalue weighted by Gasteiger charge is 2.39. The Hall–Kier alpha value is -3.21. The number of carbonyl (C=O) groups excluding carboxylic acids is 1. The van der Waals surface area contributed by atoms with Crippen LogP contribution in [0.4, 0.5) is 13.2 Å². The van der Waals surface area contributed by atoms with Crippen LogP contribution < -0.4 is 10.0 Å². The zero-order valence-corrected chi connectivity index (χ0v) is 23.5. The molecule has 1 fully saturated rings. The molecule has 1 heterocycles. The number of rotatable bonds is 10. The average Bonchev–Trinajstić information content (AvgIpc) is 3.31. The van der Waals surface area contributed by atoms with Crippen molar-refractivity contribution in [3.05, 3.63) is 89.5 Å². The zero-order valence-electron chi connectivity index (χ0n) is 22.7. The van der Waals surface area contributed by atoms with Gasteiger partial charge in [-0.3, -0.25) is 9.69 Å². The quantitative estimate of drug-likeness (QED) is 0.297. The molecular weight excluding hydrogens is 551 g/mol. The van der Waals surface area contributed by atoms with Crippen molar-refractivity contribution in [2.75, 3.05) is 26.2 Å². The Morgan fingerprint density at radius 1 is 0.902 bits per heavy atom. The maximum absolute atomic E-state index is 13.4. The summed E-state index contributed by atoms with van der Waals surface area (Å²) in [7, 11) is -3.64. The molecule has 0 spiro atoms. The minimum atomic E-state index is -4.51. The predicted molar refractivity (Wildman–Crippen MR) is 152 cm³/mol. The smallest absolute Gasteiger partial charge is 0.346 e. The number of nitrogens with one attached hydrogen (secondary N) is 2. The fraction of sp³-hybridized carbons (Fsp3) is 0.387. The van der Waals surface area contributed by atoms with E-state index in [-0.39, 0.29) is 17.5 Å². The first-order chi connectivity index (χ1) is 19.7. The van der Waals surface area contributed by atoms with E-state index in [1.807, 2.05) is 36.4 Å². The Morgan fingerprint density at radius 2 is 1.59 bits per heavy atom. The number of nitrogens with zero attached hydrogens (tertiary/aromatic N) is 1. The van der Waals surface area contributed by atoms with Crippen LogP contribution in [0.2, 0.25) is 0 Å². The van der Waals surface area contributed by atoms with Crippen LogP contribution in [0.1, 0.15) is 60.8 Å². The van der Waals surface area contributed by atoms with Gasteiger partial charge in [0.2, 0.25) is 15.9 Å². The van der Waals surface area contributed by atoms with Crippen molar-refractivity contribution in [3.8, 4) is 11.1 Å². The molecule has 2 N–H and O–H groups in total. The van der Waals surface area contributed by atoms with Crippen LogP contribution in [-0.2, 0) is 14.8 Å². The molecule has 1 aliphatic heterocycles. The maximum Gasteiger partial charge on any atom is 0.405 e. The molecule has 0 radical (unpaired) electrons. The van der Waals surface area contributed by atoms with Gasteiger partial charge in [0.1, 0.15) is 6.54 Å². The van der Waals surface area contributed by atoms with Gasteiger partial charge in [0.25, 0.3) is 0 Å². The standard InChI is InChI=1S/C31H34F3N3O3S/c32-31(33,34)21-35-30(38)29-25-14-6-5-13-23(25)24-15-9-16-26(28(24)29)27(37-19-7-2-8-20-37)17-10-18-36-41(39,40)22-11-3-1-4-12-22/h1,3-6,9,11-16,27,29,36H,2,7-8,10,17-21H2,(H,35,38). The zero-order chi connectivity index (χ0) is 29.0. The van der Waals surface area contributed by atoms with Crippen molar-refractivity contribution in [2.45, 2.75) is 55.1 Å². The van der Waals surface area contributed by atoms with Crippen molar-refractivity contribution in [1.82, 2.24) is 14.9 Å². The number of sulfonamides is 1. The monoisotopic (exact) mass is 585 g/mol. The lowest BCUT2D eigenvalue weighted by Crippen LogP contribution is -2.38. The lowest BCUT2D eigenvalue weighted by molar-refractivity contribution is -0.138. The molecule has 0 bridgehead atoms. The molecule has 218 valence electrons. The van der Waals surface area contributed by atoms with Gasteiger partial charge in [0.15, 0.2) is 0 Å². The first-order valence-electron chi connectivity index (χ1n) is 14.0. The molecule has 1 saturated heterocycles. The molecule has 10 heteroatoms. The van der Waals surface area contributed by atoms with Gasteiger partial charge in [-0.05, 0) is 78.7 Å². The largest absolute Gasteiger partial charge is 0.405 e. The molecule has 1 aliphatic carbocycles. The highest BCUT2D eigenvalue weighted by Crippen LogP contribution is 2.49. The third kappa shape index (κ3) is 6.66. The number of benzene rings is 3. The molecule has 2 aliphatic rings. The minimum absolute atomic E-state index is 0.112. The SMILES string of the molecule is O=C(NCC(F)(F)F)C1c2ccccc2-c2cccc(C(CCCNS(=O)(=O)c3ccccc3)N3CCCCC3)c21. The number of halogens is 3. The Bertz CT molecular complexity index is 1470. The summed E-state index contributed by atoms with van der Waals surface area (Å²) in [6, 6.07) is 21.3. The second-order valence-electron chi connectivity index (χ2n) is 10.6. The third-order valence-electron chi connectivity index (χ3n) is 7.91. The van der Waals surface area contributed by atoms with E-state index in [0.717, 1.165) is 54.6 Å². The summed E-state index contributed by atoms with van der Waals surface area (Å²) in [4.78, 5) is 16.0. The minimum Gasteiger partial charge on any atom is -0.346 e. The molecule has 0 aromatic heterocycles. The summed E-state index contributed by atoms with van der Waals surface area (Å²) >= 11 is 0. The van der Waals surface area contributed by atoms with E-state index in [2.05, 4.69) is 14.9 Å². The van der Waals surface area contributed by atoms with E-state index in [4.69, 9.17) is 0 Å². The summed E-state index contributed by atoms with van der Waals surface area (Å²) in [5, 5.41) is 2.12. The number of hydrogen-bond acceptors (Lipinski definition) is 4. The number of hydrogen-bond donors (Lipinski definition) is 2. The first kappa shape index (κ1) is 29.3. The van der Waals surface area contributed by atoms with Crippen molar-refractivity contribution in [2.24, 2.45) is 0 Å². The van der Waals surface area contributed by atoms with E-state index in [1.165, 1.54) is 0 Å². The Balaban J connectivity index is 1.44. The first-order valence-corrected chi connectivity index (χ1v) is 15.5. The topological polar surface area (TPSA) is 78.5 Å². The van der Waals surface area contributed by atoms with Crippen molar-refractivity contribution < 1.29 is 26.4 Å². The number of likely N-dealkylation sites (tertiary alicyclic amines) is 1. The Kier molecular flexibility index (Phi) is 8.82. The van der Waals surface area contributed by atoms with Gasteiger partial charge in [-0.1, -0.05) is 67.1 Å². The van der Waals surface area contributed by atoms with E-state index in [9.17, 15) is 26.4 Å². The molecule has 2 atom stereocenters. The second kappa shape index (κ2) is 12.3. The van der Waals surface area contributed by atoms with Gasteiger partial charge in [-0.2, -0.15) is 13.2 Å². The van der Waals surface area contributed by atoms with Crippen molar-refractivity contribution in [3.63, 3.8) is 0 Å². The summed E-state index contributed by atoms with van der Waals surface area (Å²) < 4.78 is 67.3. The molecule has 3 aromatic carbocycles. The lowest BCUT2D eigenvalue weighted by atomic mass is 9.86. The second-order valence-corrected chi connectivity index (χ2v) is 12.4. The summed E-state index contributed by atoms with van der Waals surface area (Å²) in [5.41, 5.74) is 4.07. The number of piperidine rings is 1. The molecule has 5 rings (SSSR count).